The molecular formula is C18H27BNO4-. The molecule has 1 amide bonds. The zero-order valence-electron chi connectivity index (χ0n) is 15.6. The maximum Gasteiger partial charge on any atom is 0.468 e. The SMILES string of the molecule is CC(C)(C)OC(=O)NCc1ccc[c-]c1B1OC(C)(C)C(C)(C)O1. The fraction of sp³-hybridized carbons (Fsp3) is 0.611. The molecule has 1 aromatic rings. The summed E-state index contributed by atoms with van der Waals surface area (Å²) in [4.78, 5) is 11.9. The number of carbonyl (C=O) groups is 1. The van der Waals surface area contributed by atoms with Crippen LogP contribution in [0.2, 0.25) is 0 Å². The Hall–Kier alpha value is -1.53. The fourth-order valence-corrected chi connectivity index (χ4v) is 2.30. The quantitative estimate of drug-likeness (QED) is 0.683. The van der Waals surface area contributed by atoms with E-state index < -0.39 is 30.0 Å². The number of rotatable bonds is 3. The van der Waals surface area contributed by atoms with E-state index in [2.05, 4.69) is 11.4 Å². The highest BCUT2D eigenvalue weighted by atomic mass is 16.7. The molecule has 1 aliphatic rings. The molecule has 1 saturated heterocycles. The van der Waals surface area contributed by atoms with Gasteiger partial charge in [-0.05, 0) is 48.5 Å². The van der Waals surface area contributed by atoms with E-state index in [0.717, 1.165) is 11.0 Å². The molecule has 5 nitrogen and oxygen atoms in total. The molecule has 24 heavy (non-hydrogen) atoms. The molecule has 1 N–H and O–H groups in total. The van der Waals surface area contributed by atoms with Crippen molar-refractivity contribution < 1.29 is 18.8 Å². The number of hydrogen-bond donors (Lipinski definition) is 1. The Bertz CT molecular complexity index is 591. The van der Waals surface area contributed by atoms with Gasteiger partial charge in [-0.1, -0.05) is 0 Å². The molecule has 0 spiro atoms. The molecule has 2 rings (SSSR count). The van der Waals surface area contributed by atoms with E-state index in [1.165, 1.54) is 0 Å². The van der Waals surface area contributed by atoms with E-state index in [1.54, 1.807) is 0 Å². The minimum absolute atomic E-state index is 0.325. The Kier molecular flexibility index (Phi) is 5.02. The monoisotopic (exact) mass is 332 g/mol. The minimum Gasteiger partial charge on any atom is -0.444 e. The van der Waals surface area contributed by atoms with E-state index in [-0.39, 0.29) is 0 Å². The lowest BCUT2D eigenvalue weighted by Gasteiger charge is -2.32. The van der Waals surface area contributed by atoms with Gasteiger partial charge in [-0.2, -0.15) is 24.3 Å². The average molecular weight is 332 g/mol. The fourth-order valence-electron chi connectivity index (χ4n) is 2.30. The van der Waals surface area contributed by atoms with Crippen LogP contribution in [0.1, 0.15) is 54.0 Å². The summed E-state index contributed by atoms with van der Waals surface area (Å²) in [5.41, 5.74) is 0.324. The molecule has 1 heterocycles. The molecule has 132 valence electrons. The molecule has 1 aliphatic heterocycles. The molecule has 6 heteroatoms. The first-order valence-corrected chi connectivity index (χ1v) is 8.23. The number of alkyl carbamates (subject to hydrolysis) is 1. The molecular weight excluding hydrogens is 305 g/mol. The van der Waals surface area contributed by atoms with Gasteiger partial charge in [0, 0.05) is 6.54 Å². The molecule has 1 fully saturated rings. The summed E-state index contributed by atoms with van der Waals surface area (Å²) in [5.74, 6) is 0. The molecule has 0 radical (unpaired) electrons. The van der Waals surface area contributed by atoms with Crippen LogP contribution in [0, 0.1) is 6.07 Å². The lowest BCUT2D eigenvalue weighted by Crippen LogP contribution is -2.41. The van der Waals surface area contributed by atoms with E-state index in [9.17, 15) is 4.79 Å². The summed E-state index contributed by atoms with van der Waals surface area (Å²) >= 11 is 0. The van der Waals surface area contributed by atoms with Gasteiger partial charge in [-0.3, -0.25) is 0 Å². The van der Waals surface area contributed by atoms with E-state index in [0.29, 0.717) is 6.54 Å². The highest BCUT2D eigenvalue weighted by Gasteiger charge is 2.50. The third-order valence-electron chi connectivity index (χ3n) is 4.29. The van der Waals surface area contributed by atoms with Gasteiger partial charge in [0.15, 0.2) is 0 Å². The number of benzene rings is 1. The molecule has 0 aromatic heterocycles. The van der Waals surface area contributed by atoms with Crippen LogP contribution in [0.25, 0.3) is 0 Å². The maximum absolute atomic E-state index is 11.9. The Labute approximate surface area is 145 Å². The maximum atomic E-state index is 11.9. The van der Waals surface area contributed by atoms with Crippen molar-refractivity contribution in [3.05, 3.63) is 29.8 Å². The summed E-state index contributed by atoms with van der Waals surface area (Å²) in [5, 5.41) is 2.77. The first-order chi connectivity index (χ1) is 10.9. The molecule has 0 bridgehead atoms. The highest BCUT2D eigenvalue weighted by Crippen LogP contribution is 2.36. The van der Waals surface area contributed by atoms with Gasteiger partial charge in [-0.25, -0.2) is 4.79 Å². The molecule has 0 atom stereocenters. The van der Waals surface area contributed by atoms with Crippen molar-refractivity contribution in [2.24, 2.45) is 0 Å². The Morgan fingerprint density at radius 2 is 1.83 bits per heavy atom. The summed E-state index contributed by atoms with van der Waals surface area (Å²) in [6, 6.07) is 8.80. The number of nitrogens with one attached hydrogen (secondary N) is 1. The van der Waals surface area contributed by atoms with Crippen LogP contribution in [0.5, 0.6) is 0 Å². The minimum atomic E-state index is -0.526. The van der Waals surface area contributed by atoms with Crippen LogP contribution in [-0.2, 0) is 20.6 Å². The largest absolute Gasteiger partial charge is 0.468 e. The standard InChI is InChI=1S/C18H27BNO4/c1-16(2,3)22-15(21)20-12-13-10-8-9-11-14(13)19-23-17(4,5)18(6,7)24-19/h8-10H,12H2,1-7H3,(H,20,21)/q-1. The van der Waals surface area contributed by atoms with Crippen LogP contribution < -0.4 is 10.8 Å². The Balaban J connectivity index is 2.10. The predicted molar refractivity (Wildman–Crippen MR) is 94.1 cm³/mol. The molecule has 0 saturated carbocycles. The Morgan fingerprint density at radius 1 is 1.25 bits per heavy atom. The first kappa shape index (κ1) is 18.8. The van der Waals surface area contributed by atoms with Crippen LogP contribution >= 0.6 is 0 Å². The lowest BCUT2D eigenvalue weighted by atomic mass is 9.76. The smallest absolute Gasteiger partial charge is 0.444 e. The second-order valence-corrected chi connectivity index (χ2v) is 8.05. The van der Waals surface area contributed by atoms with Crippen LogP contribution in [-0.4, -0.2) is 30.0 Å². The van der Waals surface area contributed by atoms with Crippen molar-refractivity contribution in [3.63, 3.8) is 0 Å². The zero-order chi connectivity index (χ0) is 18.2. The molecule has 0 aliphatic carbocycles. The van der Waals surface area contributed by atoms with Gasteiger partial charge in [-0.15, -0.1) is 11.0 Å². The lowest BCUT2D eigenvalue weighted by molar-refractivity contribution is 0.00578. The van der Waals surface area contributed by atoms with Gasteiger partial charge in [0.05, 0.1) is 11.2 Å². The van der Waals surface area contributed by atoms with Crippen molar-refractivity contribution in [2.75, 3.05) is 0 Å². The second-order valence-electron chi connectivity index (χ2n) is 8.05. The molecule has 1 aromatic carbocycles. The highest BCUT2D eigenvalue weighted by molar-refractivity contribution is 6.62. The number of hydrogen-bond acceptors (Lipinski definition) is 4. The number of amides is 1. The third-order valence-corrected chi connectivity index (χ3v) is 4.29. The van der Waals surface area contributed by atoms with Crippen molar-refractivity contribution in [1.82, 2.24) is 5.32 Å². The van der Waals surface area contributed by atoms with E-state index in [4.69, 9.17) is 14.0 Å². The van der Waals surface area contributed by atoms with Gasteiger partial charge in [0.25, 0.3) is 0 Å². The summed E-state index contributed by atoms with van der Waals surface area (Å²) in [7, 11) is -0.508. The first-order valence-electron chi connectivity index (χ1n) is 8.23. The van der Waals surface area contributed by atoms with Crippen LogP contribution in [0.15, 0.2) is 18.2 Å². The average Bonchev–Trinajstić information content (AvgIpc) is 2.63. The van der Waals surface area contributed by atoms with Crippen LogP contribution in [0.4, 0.5) is 4.79 Å². The van der Waals surface area contributed by atoms with Crippen LogP contribution in [0.3, 0.4) is 0 Å². The van der Waals surface area contributed by atoms with Gasteiger partial charge in [0.1, 0.15) is 5.60 Å². The Morgan fingerprint density at radius 3 is 2.38 bits per heavy atom. The predicted octanol–water partition coefficient (Wildman–Crippen LogP) is 2.81. The second kappa shape index (κ2) is 6.41. The summed E-state index contributed by atoms with van der Waals surface area (Å²) in [6.45, 7) is 13.9. The van der Waals surface area contributed by atoms with Crippen molar-refractivity contribution in [2.45, 2.75) is 71.8 Å². The number of carbonyl (C=O) groups excluding carboxylic acids is 1. The summed E-state index contributed by atoms with van der Waals surface area (Å²) in [6.07, 6.45) is -0.453. The van der Waals surface area contributed by atoms with Gasteiger partial charge in [0.2, 0.25) is 0 Å². The molecule has 0 unspecified atom stereocenters. The zero-order valence-corrected chi connectivity index (χ0v) is 15.6. The third kappa shape index (κ3) is 4.30. The van der Waals surface area contributed by atoms with Gasteiger partial charge >= 0.3 is 13.2 Å². The van der Waals surface area contributed by atoms with Gasteiger partial charge < -0.3 is 19.4 Å². The summed E-state index contributed by atoms with van der Waals surface area (Å²) < 4.78 is 17.4. The van der Waals surface area contributed by atoms with E-state index >= 15 is 0 Å². The van der Waals surface area contributed by atoms with E-state index in [1.807, 2.05) is 66.7 Å². The van der Waals surface area contributed by atoms with Crippen molar-refractivity contribution in [1.29, 1.82) is 0 Å². The normalized spacial score (nSPS) is 19.2. The number of ether oxygens (including phenoxy) is 1. The van der Waals surface area contributed by atoms with Crippen molar-refractivity contribution in [3.8, 4) is 0 Å². The van der Waals surface area contributed by atoms with Crippen molar-refractivity contribution >= 4 is 18.7 Å². The topological polar surface area (TPSA) is 56.8 Å².